The number of phenolic OH excluding ortho intramolecular Hbond substituents is 2. The van der Waals surface area contributed by atoms with Crippen molar-refractivity contribution >= 4 is 0 Å². The fraction of sp³-hybridized carbons (Fsp3) is 0.556. The van der Waals surface area contributed by atoms with Gasteiger partial charge in [0.1, 0.15) is 0 Å². The summed E-state index contributed by atoms with van der Waals surface area (Å²) in [7, 11) is 0. The Labute approximate surface area is 203 Å². The smallest absolute Gasteiger partial charge is 0.416 e. The van der Waals surface area contributed by atoms with Gasteiger partial charge in [0, 0.05) is 0 Å². The number of benzene rings is 2. The summed E-state index contributed by atoms with van der Waals surface area (Å²) < 4.78 is 79.8. The molecule has 0 fully saturated rings. The van der Waals surface area contributed by atoms with Crippen molar-refractivity contribution in [2.75, 3.05) is 0 Å². The van der Waals surface area contributed by atoms with E-state index in [1.807, 2.05) is 20.8 Å². The Morgan fingerprint density at radius 3 is 1.46 bits per heavy atom. The fourth-order valence-electron chi connectivity index (χ4n) is 4.37. The minimum absolute atomic E-state index is 0.0179. The number of rotatable bonds is 8. The van der Waals surface area contributed by atoms with Crippen LogP contribution in [-0.4, -0.2) is 10.2 Å². The Bertz CT molecular complexity index is 989. The van der Waals surface area contributed by atoms with Crippen molar-refractivity contribution in [2.45, 2.75) is 85.0 Å². The molecular weight excluding hydrogens is 470 g/mol. The number of hydrogen-bond donors (Lipinski definition) is 2. The van der Waals surface area contributed by atoms with E-state index in [-0.39, 0.29) is 34.5 Å². The van der Waals surface area contributed by atoms with E-state index < -0.39 is 34.8 Å². The van der Waals surface area contributed by atoms with Crippen molar-refractivity contribution in [2.24, 2.45) is 10.8 Å². The third-order valence-electron chi connectivity index (χ3n) is 7.60. The maximum absolute atomic E-state index is 13.3. The molecule has 0 aliphatic heterocycles. The maximum atomic E-state index is 13.3. The lowest BCUT2D eigenvalue weighted by Gasteiger charge is -2.36. The second kappa shape index (κ2) is 9.94. The van der Waals surface area contributed by atoms with Crippen LogP contribution in [0.4, 0.5) is 26.3 Å². The van der Waals surface area contributed by atoms with Gasteiger partial charge in [-0.1, -0.05) is 54.0 Å². The van der Waals surface area contributed by atoms with Crippen molar-refractivity contribution < 1.29 is 36.6 Å². The van der Waals surface area contributed by atoms with Crippen molar-refractivity contribution in [3.05, 3.63) is 58.7 Å². The van der Waals surface area contributed by atoms with Gasteiger partial charge in [0.2, 0.25) is 0 Å². The molecule has 0 amide bonds. The van der Waals surface area contributed by atoms with Crippen LogP contribution < -0.4 is 0 Å². The van der Waals surface area contributed by atoms with Gasteiger partial charge >= 0.3 is 12.4 Å². The molecule has 196 valence electrons. The van der Waals surface area contributed by atoms with Crippen LogP contribution in [0.2, 0.25) is 0 Å². The molecule has 2 N–H and O–H groups in total. The molecule has 0 saturated heterocycles. The summed E-state index contributed by atoms with van der Waals surface area (Å²) in [5.74, 6) is -0.898. The molecule has 2 aromatic carbocycles. The standard InChI is InChI=1S/C27H34F6O2/c1-16(18-8-9-22(34)23(35)14-18)24(3,4)10-7-11-25(5,6)17(2)19-12-20(26(28,29)30)15-21(13-19)27(31,32)33/h8-9,12-17,34-35H,7,10-11H2,1-6H3. The molecule has 2 nitrogen and oxygen atoms in total. The Kier molecular flexibility index (Phi) is 8.19. The molecule has 0 radical (unpaired) electrons. The first-order valence-corrected chi connectivity index (χ1v) is 11.6. The Balaban J connectivity index is 2.19. The molecule has 0 aromatic heterocycles. The maximum Gasteiger partial charge on any atom is 0.416 e. The van der Waals surface area contributed by atoms with Crippen LogP contribution in [0.3, 0.4) is 0 Å². The van der Waals surface area contributed by atoms with E-state index in [9.17, 15) is 36.6 Å². The second-order valence-corrected chi connectivity index (χ2v) is 10.9. The molecule has 8 heteroatoms. The summed E-state index contributed by atoms with van der Waals surface area (Å²) in [4.78, 5) is 0. The van der Waals surface area contributed by atoms with E-state index in [2.05, 4.69) is 13.8 Å². The van der Waals surface area contributed by atoms with E-state index in [1.165, 1.54) is 12.1 Å². The lowest BCUT2D eigenvalue weighted by Crippen LogP contribution is -2.24. The highest BCUT2D eigenvalue weighted by Crippen LogP contribution is 2.46. The number of aromatic hydroxyl groups is 2. The Morgan fingerprint density at radius 2 is 1.06 bits per heavy atom. The molecule has 2 aromatic rings. The first-order valence-electron chi connectivity index (χ1n) is 11.6. The van der Waals surface area contributed by atoms with E-state index >= 15 is 0 Å². The fourth-order valence-corrected chi connectivity index (χ4v) is 4.37. The van der Waals surface area contributed by atoms with Crippen LogP contribution in [-0.2, 0) is 12.4 Å². The Hall–Kier alpha value is -2.38. The van der Waals surface area contributed by atoms with E-state index in [4.69, 9.17) is 0 Å². The molecule has 0 bridgehead atoms. The van der Waals surface area contributed by atoms with Gasteiger partial charge in [-0.15, -0.1) is 0 Å². The average molecular weight is 505 g/mol. The normalized spacial score (nSPS) is 15.2. The van der Waals surface area contributed by atoms with Gasteiger partial charge in [-0.3, -0.25) is 0 Å². The third-order valence-corrected chi connectivity index (χ3v) is 7.60. The molecule has 0 aliphatic carbocycles. The molecular formula is C27H34F6O2. The highest BCUT2D eigenvalue weighted by atomic mass is 19.4. The highest BCUT2D eigenvalue weighted by Gasteiger charge is 2.39. The minimum atomic E-state index is -4.87. The third kappa shape index (κ3) is 7.07. The average Bonchev–Trinajstić information content (AvgIpc) is 2.72. The van der Waals surface area contributed by atoms with Gasteiger partial charge in [0.15, 0.2) is 11.5 Å². The minimum Gasteiger partial charge on any atom is -0.504 e. The molecule has 0 aliphatic rings. The molecule has 2 rings (SSSR count). The molecule has 2 atom stereocenters. The number of hydrogen-bond acceptors (Lipinski definition) is 2. The Morgan fingerprint density at radius 1 is 0.629 bits per heavy atom. The van der Waals surface area contributed by atoms with Crippen LogP contribution in [0.1, 0.15) is 94.9 Å². The zero-order valence-corrected chi connectivity index (χ0v) is 20.9. The van der Waals surface area contributed by atoms with Gasteiger partial charge in [0.05, 0.1) is 11.1 Å². The van der Waals surface area contributed by atoms with Crippen LogP contribution >= 0.6 is 0 Å². The summed E-state index contributed by atoms with van der Waals surface area (Å²) in [5, 5.41) is 19.4. The van der Waals surface area contributed by atoms with Crippen molar-refractivity contribution in [1.29, 1.82) is 0 Å². The van der Waals surface area contributed by atoms with Gasteiger partial charge in [0.25, 0.3) is 0 Å². The summed E-state index contributed by atoms with van der Waals surface area (Å²) in [5.41, 5.74) is -2.47. The molecule has 0 saturated carbocycles. The van der Waals surface area contributed by atoms with Gasteiger partial charge in [-0.05, 0) is 77.0 Å². The topological polar surface area (TPSA) is 40.5 Å². The predicted molar refractivity (Wildman–Crippen MR) is 124 cm³/mol. The highest BCUT2D eigenvalue weighted by molar-refractivity contribution is 5.42. The van der Waals surface area contributed by atoms with Gasteiger partial charge < -0.3 is 10.2 Å². The van der Waals surface area contributed by atoms with Crippen molar-refractivity contribution in [3.8, 4) is 11.5 Å². The van der Waals surface area contributed by atoms with E-state index in [0.717, 1.165) is 24.1 Å². The van der Waals surface area contributed by atoms with Gasteiger partial charge in [-0.25, -0.2) is 0 Å². The lowest BCUT2D eigenvalue weighted by molar-refractivity contribution is -0.143. The molecule has 2 unspecified atom stereocenters. The van der Waals surface area contributed by atoms with Crippen LogP contribution in [0.5, 0.6) is 11.5 Å². The number of alkyl halides is 6. The van der Waals surface area contributed by atoms with Gasteiger partial charge in [-0.2, -0.15) is 26.3 Å². The number of halogens is 6. The second-order valence-electron chi connectivity index (χ2n) is 10.9. The van der Waals surface area contributed by atoms with E-state index in [1.54, 1.807) is 13.0 Å². The van der Waals surface area contributed by atoms with Crippen molar-refractivity contribution in [3.63, 3.8) is 0 Å². The molecule has 0 spiro atoms. The summed E-state index contributed by atoms with van der Waals surface area (Å²) in [6.45, 7) is 11.5. The largest absolute Gasteiger partial charge is 0.504 e. The predicted octanol–water partition coefficient (Wildman–Crippen LogP) is 9.27. The molecule has 35 heavy (non-hydrogen) atoms. The summed E-state index contributed by atoms with van der Waals surface area (Å²) in [6, 6.07) is 6.52. The zero-order valence-electron chi connectivity index (χ0n) is 20.9. The monoisotopic (exact) mass is 504 g/mol. The first kappa shape index (κ1) is 28.9. The molecule has 0 heterocycles. The summed E-state index contributed by atoms with van der Waals surface area (Å²) >= 11 is 0. The summed E-state index contributed by atoms with van der Waals surface area (Å²) in [6.07, 6.45) is -7.68. The quantitative estimate of drug-likeness (QED) is 0.278. The van der Waals surface area contributed by atoms with Crippen LogP contribution in [0.15, 0.2) is 36.4 Å². The first-order chi connectivity index (χ1) is 15.8. The SMILES string of the molecule is CC(c1cc(C(F)(F)F)cc(C(F)(F)F)c1)C(C)(C)CCCC(C)(C)C(C)c1ccc(O)c(O)c1. The lowest BCUT2D eigenvalue weighted by atomic mass is 9.69. The van der Waals surface area contributed by atoms with Crippen molar-refractivity contribution in [1.82, 2.24) is 0 Å². The van der Waals surface area contributed by atoms with E-state index in [0.29, 0.717) is 12.8 Å². The number of phenols is 2. The zero-order chi connectivity index (χ0) is 27.0. The van der Waals surface area contributed by atoms with Crippen LogP contribution in [0.25, 0.3) is 0 Å². The van der Waals surface area contributed by atoms with Crippen LogP contribution in [0, 0.1) is 10.8 Å².